The summed E-state index contributed by atoms with van der Waals surface area (Å²) in [6.45, 7) is 4.06. The lowest BCUT2D eigenvalue weighted by Crippen LogP contribution is -2.44. The molecule has 0 saturated carbocycles. The van der Waals surface area contributed by atoms with Gasteiger partial charge < -0.3 is 15.3 Å². The predicted molar refractivity (Wildman–Crippen MR) is 72.7 cm³/mol. The zero-order chi connectivity index (χ0) is 15.1. The third-order valence-corrected chi connectivity index (χ3v) is 2.56. The molecule has 110 valence electrons. The van der Waals surface area contributed by atoms with Gasteiger partial charge in [-0.2, -0.15) is 0 Å². The summed E-state index contributed by atoms with van der Waals surface area (Å²) in [5, 5.41) is 11.4. The monoisotopic (exact) mass is 282 g/mol. The maximum Gasteiger partial charge on any atom is 0.323 e. The van der Waals surface area contributed by atoms with Crippen LogP contribution < -0.4 is 5.32 Å². The predicted octanol–water partition coefficient (Wildman–Crippen LogP) is 2.08. The molecule has 0 aliphatic carbocycles. The van der Waals surface area contributed by atoms with Crippen molar-refractivity contribution in [3.63, 3.8) is 0 Å². The number of hydrogen-bond donors (Lipinski definition) is 2. The summed E-state index contributed by atoms with van der Waals surface area (Å²) in [7, 11) is 0. The van der Waals surface area contributed by atoms with E-state index in [1.54, 1.807) is 12.1 Å². The molecule has 0 saturated heterocycles. The second-order valence-electron chi connectivity index (χ2n) is 4.95. The second-order valence-corrected chi connectivity index (χ2v) is 4.95. The Hall–Kier alpha value is -2.11. The van der Waals surface area contributed by atoms with E-state index in [0.717, 1.165) is 5.56 Å². The van der Waals surface area contributed by atoms with Crippen molar-refractivity contribution in [1.82, 2.24) is 10.2 Å². The molecule has 0 atom stereocenters. The Morgan fingerprint density at radius 1 is 1.30 bits per heavy atom. The number of benzene rings is 1. The summed E-state index contributed by atoms with van der Waals surface area (Å²) >= 11 is 0. The summed E-state index contributed by atoms with van der Waals surface area (Å²) in [5.74, 6) is -1.22. The molecule has 2 amide bonds. The second kappa shape index (κ2) is 7.47. The number of nitrogens with zero attached hydrogens (tertiary/aromatic N) is 1. The molecule has 20 heavy (non-hydrogen) atoms. The molecule has 6 heteroatoms. The largest absolute Gasteiger partial charge is 0.480 e. The number of rotatable bonds is 6. The third-order valence-electron chi connectivity index (χ3n) is 2.56. The Bertz CT molecular complexity index is 460. The quantitative estimate of drug-likeness (QED) is 0.839. The number of carbonyl (C=O) groups is 2. The molecule has 0 bridgehead atoms. The Morgan fingerprint density at radius 2 is 1.90 bits per heavy atom. The van der Waals surface area contributed by atoms with Gasteiger partial charge in [0.1, 0.15) is 12.4 Å². The number of nitrogens with one attached hydrogen (secondary N) is 1. The molecule has 0 aliphatic rings. The van der Waals surface area contributed by atoms with Crippen molar-refractivity contribution in [2.75, 3.05) is 13.1 Å². The van der Waals surface area contributed by atoms with E-state index in [2.05, 4.69) is 5.32 Å². The van der Waals surface area contributed by atoms with Crippen LogP contribution >= 0.6 is 0 Å². The van der Waals surface area contributed by atoms with Gasteiger partial charge in [-0.15, -0.1) is 0 Å². The average molecular weight is 282 g/mol. The Kier molecular flexibility index (Phi) is 5.96. The minimum atomic E-state index is -1.05. The Morgan fingerprint density at radius 3 is 2.40 bits per heavy atom. The minimum absolute atomic E-state index is 0.172. The lowest BCUT2D eigenvalue weighted by molar-refractivity contribution is -0.137. The molecule has 1 rings (SSSR count). The number of halogens is 1. The van der Waals surface area contributed by atoms with Crippen LogP contribution in [0.25, 0.3) is 0 Å². The van der Waals surface area contributed by atoms with Gasteiger partial charge >= 0.3 is 12.0 Å². The first-order valence-corrected chi connectivity index (χ1v) is 6.37. The maximum absolute atomic E-state index is 12.7. The van der Waals surface area contributed by atoms with Gasteiger partial charge in [0.25, 0.3) is 0 Å². The van der Waals surface area contributed by atoms with Crippen LogP contribution in [-0.2, 0) is 11.3 Å². The molecule has 1 aromatic rings. The highest BCUT2D eigenvalue weighted by Crippen LogP contribution is 2.04. The van der Waals surface area contributed by atoms with Crippen molar-refractivity contribution < 1.29 is 19.1 Å². The number of aliphatic carboxylic acids is 1. The average Bonchev–Trinajstić information content (AvgIpc) is 2.36. The van der Waals surface area contributed by atoms with Crippen LogP contribution in [-0.4, -0.2) is 35.1 Å². The lowest BCUT2D eigenvalue weighted by atomic mass is 10.2. The van der Waals surface area contributed by atoms with Crippen LogP contribution in [0.5, 0.6) is 0 Å². The van der Waals surface area contributed by atoms with Crippen molar-refractivity contribution >= 4 is 12.0 Å². The van der Waals surface area contributed by atoms with Crippen LogP contribution in [0.1, 0.15) is 19.4 Å². The SMILES string of the molecule is CC(C)CN(CC(=O)O)C(=O)NCc1ccc(F)cc1. The van der Waals surface area contributed by atoms with Crippen LogP contribution in [0, 0.1) is 11.7 Å². The summed E-state index contributed by atoms with van der Waals surface area (Å²) in [5.41, 5.74) is 0.750. The van der Waals surface area contributed by atoms with Crippen molar-refractivity contribution in [2.24, 2.45) is 5.92 Å². The fourth-order valence-electron chi connectivity index (χ4n) is 1.72. The molecule has 0 spiro atoms. The first kappa shape index (κ1) is 15.9. The molecule has 1 aromatic carbocycles. The van der Waals surface area contributed by atoms with E-state index in [4.69, 9.17) is 5.11 Å². The molecular formula is C14H19FN2O3. The van der Waals surface area contributed by atoms with Crippen LogP contribution in [0.3, 0.4) is 0 Å². The first-order chi connectivity index (χ1) is 9.38. The number of carboxylic acid groups (broad SMARTS) is 1. The van der Waals surface area contributed by atoms with Gasteiger partial charge in [0, 0.05) is 13.1 Å². The summed E-state index contributed by atoms with van der Waals surface area (Å²) in [6, 6.07) is 5.32. The van der Waals surface area contributed by atoms with Gasteiger partial charge in [0.05, 0.1) is 0 Å². The van der Waals surface area contributed by atoms with Crippen molar-refractivity contribution in [3.8, 4) is 0 Å². The highest BCUT2D eigenvalue weighted by Gasteiger charge is 2.17. The van der Waals surface area contributed by atoms with Crippen molar-refractivity contribution in [3.05, 3.63) is 35.6 Å². The zero-order valence-electron chi connectivity index (χ0n) is 11.6. The van der Waals surface area contributed by atoms with E-state index in [-0.39, 0.29) is 24.8 Å². The number of urea groups is 1. The first-order valence-electron chi connectivity index (χ1n) is 6.37. The van der Waals surface area contributed by atoms with E-state index in [1.807, 2.05) is 13.8 Å². The fourth-order valence-corrected chi connectivity index (χ4v) is 1.72. The number of carbonyl (C=O) groups excluding carboxylic acids is 1. The summed E-state index contributed by atoms with van der Waals surface area (Å²) in [4.78, 5) is 23.9. The Balaban J connectivity index is 2.56. The number of carboxylic acids is 1. The minimum Gasteiger partial charge on any atom is -0.480 e. The highest BCUT2D eigenvalue weighted by atomic mass is 19.1. The summed E-state index contributed by atoms with van der Waals surface area (Å²) in [6.07, 6.45) is 0. The lowest BCUT2D eigenvalue weighted by Gasteiger charge is -2.23. The van der Waals surface area contributed by atoms with Gasteiger partial charge in [0.15, 0.2) is 0 Å². The number of hydrogen-bond acceptors (Lipinski definition) is 2. The Labute approximate surface area is 117 Å². The van der Waals surface area contributed by atoms with Gasteiger partial charge in [0.2, 0.25) is 0 Å². The van der Waals surface area contributed by atoms with E-state index < -0.39 is 12.0 Å². The molecule has 5 nitrogen and oxygen atoms in total. The molecule has 0 aliphatic heterocycles. The van der Waals surface area contributed by atoms with Gasteiger partial charge in [-0.25, -0.2) is 9.18 Å². The van der Waals surface area contributed by atoms with Crippen LogP contribution in [0.4, 0.5) is 9.18 Å². The number of amides is 2. The van der Waals surface area contributed by atoms with E-state index >= 15 is 0 Å². The normalized spacial score (nSPS) is 10.4. The molecule has 0 unspecified atom stereocenters. The molecule has 2 N–H and O–H groups in total. The smallest absolute Gasteiger partial charge is 0.323 e. The summed E-state index contributed by atoms with van der Waals surface area (Å²) < 4.78 is 12.7. The molecule has 0 heterocycles. The van der Waals surface area contributed by atoms with Crippen molar-refractivity contribution in [1.29, 1.82) is 0 Å². The van der Waals surface area contributed by atoms with Gasteiger partial charge in [-0.3, -0.25) is 4.79 Å². The molecule has 0 radical (unpaired) electrons. The van der Waals surface area contributed by atoms with Crippen molar-refractivity contribution in [2.45, 2.75) is 20.4 Å². The van der Waals surface area contributed by atoms with E-state index in [9.17, 15) is 14.0 Å². The highest BCUT2D eigenvalue weighted by molar-refractivity contribution is 5.80. The molecule has 0 aromatic heterocycles. The standard InChI is InChI=1S/C14H19FN2O3/c1-10(2)8-17(9-13(18)19)14(20)16-7-11-3-5-12(15)6-4-11/h3-6,10H,7-9H2,1-2H3,(H,16,20)(H,18,19). The maximum atomic E-state index is 12.7. The fraction of sp³-hybridized carbons (Fsp3) is 0.429. The van der Waals surface area contributed by atoms with Gasteiger partial charge in [-0.1, -0.05) is 26.0 Å². The molecular weight excluding hydrogens is 263 g/mol. The van der Waals surface area contributed by atoms with E-state index in [1.165, 1.54) is 17.0 Å². The molecule has 0 fully saturated rings. The topological polar surface area (TPSA) is 69.6 Å². The van der Waals surface area contributed by atoms with Gasteiger partial charge in [-0.05, 0) is 23.6 Å². The third kappa shape index (κ3) is 5.69. The van der Waals surface area contributed by atoms with E-state index in [0.29, 0.717) is 6.54 Å². The van der Waals surface area contributed by atoms with Crippen LogP contribution in [0.2, 0.25) is 0 Å². The zero-order valence-corrected chi connectivity index (χ0v) is 11.6. The van der Waals surface area contributed by atoms with Crippen LogP contribution in [0.15, 0.2) is 24.3 Å².